The van der Waals surface area contributed by atoms with Crippen LogP contribution in [0.1, 0.15) is 25.0 Å². The standard InChI is InChI=1S/C21H23ClN4O4S/c1-12(2)31(28,29)25-18-10-17(15-9-14(4)20(27)26(5)11-15)23-21(24-18)30-19-13(3)7-6-8-16(19)22/h6-12H,1-5H3,(H,23,24,25). The van der Waals surface area contributed by atoms with Crippen LogP contribution in [0.25, 0.3) is 11.3 Å². The zero-order valence-electron chi connectivity index (χ0n) is 17.8. The average molecular weight is 463 g/mol. The number of nitrogens with one attached hydrogen (secondary N) is 1. The number of hydrogen-bond donors (Lipinski definition) is 1. The number of hydrogen-bond acceptors (Lipinski definition) is 6. The highest BCUT2D eigenvalue weighted by Gasteiger charge is 2.19. The Kier molecular flexibility index (Phi) is 6.38. The van der Waals surface area contributed by atoms with Gasteiger partial charge >= 0.3 is 6.01 Å². The lowest BCUT2D eigenvalue weighted by atomic mass is 10.1. The Bertz CT molecular complexity index is 1260. The molecule has 10 heteroatoms. The number of aryl methyl sites for hydroxylation is 3. The molecule has 2 heterocycles. The van der Waals surface area contributed by atoms with Gasteiger partial charge < -0.3 is 9.30 Å². The second kappa shape index (κ2) is 8.68. The summed E-state index contributed by atoms with van der Waals surface area (Å²) in [7, 11) is -2.02. The number of pyridine rings is 1. The summed E-state index contributed by atoms with van der Waals surface area (Å²) < 4.78 is 34.5. The van der Waals surface area contributed by atoms with Crippen LogP contribution in [0.4, 0.5) is 5.82 Å². The Morgan fingerprint density at radius 3 is 2.45 bits per heavy atom. The molecule has 3 rings (SSSR count). The summed E-state index contributed by atoms with van der Waals surface area (Å²) in [5.41, 5.74) is 2.14. The lowest BCUT2D eigenvalue weighted by Crippen LogP contribution is -2.23. The van der Waals surface area contributed by atoms with E-state index in [2.05, 4.69) is 14.7 Å². The maximum absolute atomic E-state index is 12.4. The van der Waals surface area contributed by atoms with E-state index < -0.39 is 15.3 Å². The zero-order valence-corrected chi connectivity index (χ0v) is 19.4. The maximum Gasteiger partial charge on any atom is 0.324 e. The summed E-state index contributed by atoms with van der Waals surface area (Å²) in [6.45, 7) is 6.64. The predicted octanol–water partition coefficient (Wildman–Crippen LogP) is 4.05. The fourth-order valence-corrected chi connectivity index (χ4v) is 3.68. The van der Waals surface area contributed by atoms with Crippen molar-refractivity contribution in [3.05, 3.63) is 63.0 Å². The van der Waals surface area contributed by atoms with Gasteiger partial charge in [-0.05, 0) is 45.4 Å². The molecule has 1 aromatic carbocycles. The molecule has 0 fully saturated rings. The van der Waals surface area contributed by atoms with Crippen molar-refractivity contribution in [2.45, 2.75) is 32.9 Å². The van der Waals surface area contributed by atoms with Gasteiger partial charge in [-0.3, -0.25) is 9.52 Å². The first-order valence-electron chi connectivity index (χ1n) is 9.49. The Balaban J connectivity index is 2.16. The largest absolute Gasteiger partial charge is 0.422 e. The number of halogens is 1. The third-order valence-electron chi connectivity index (χ3n) is 4.59. The molecule has 0 aliphatic carbocycles. The number of benzene rings is 1. The van der Waals surface area contributed by atoms with Gasteiger partial charge in [-0.25, -0.2) is 8.42 Å². The van der Waals surface area contributed by atoms with E-state index in [1.807, 2.05) is 13.0 Å². The topological polar surface area (TPSA) is 103 Å². The van der Waals surface area contributed by atoms with Crippen LogP contribution in [-0.2, 0) is 17.1 Å². The monoisotopic (exact) mass is 462 g/mol. The van der Waals surface area contributed by atoms with Gasteiger partial charge in [0.2, 0.25) is 10.0 Å². The second-order valence-electron chi connectivity index (χ2n) is 7.43. The average Bonchev–Trinajstić information content (AvgIpc) is 2.68. The molecule has 8 nitrogen and oxygen atoms in total. The van der Waals surface area contributed by atoms with Crippen LogP contribution in [0.5, 0.6) is 11.8 Å². The van der Waals surface area contributed by atoms with Crippen molar-refractivity contribution in [3.63, 3.8) is 0 Å². The highest BCUT2D eigenvalue weighted by molar-refractivity contribution is 7.93. The van der Waals surface area contributed by atoms with Gasteiger partial charge in [-0.1, -0.05) is 23.7 Å². The molecular weight excluding hydrogens is 440 g/mol. The lowest BCUT2D eigenvalue weighted by molar-refractivity contribution is 0.440. The van der Waals surface area contributed by atoms with Gasteiger partial charge in [0, 0.05) is 30.4 Å². The Labute approximate surface area is 185 Å². The van der Waals surface area contributed by atoms with Crippen LogP contribution in [-0.4, -0.2) is 28.2 Å². The molecule has 0 radical (unpaired) electrons. The summed E-state index contributed by atoms with van der Waals surface area (Å²) >= 11 is 6.25. The number of ether oxygens (including phenoxy) is 1. The fraction of sp³-hybridized carbons (Fsp3) is 0.286. The first-order valence-corrected chi connectivity index (χ1v) is 11.4. The molecule has 0 spiro atoms. The molecular formula is C21H23ClN4O4S. The van der Waals surface area contributed by atoms with Crippen LogP contribution < -0.4 is 15.0 Å². The van der Waals surface area contributed by atoms with E-state index in [4.69, 9.17) is 16.3 Å². The first-order chi connectivity index (χ1) is 14.5. The zero-order chi connectivity index (χ0) is 22.9. The van der Waals surface area contributed by atoms with Gasteiger partial charge in [-0.15, -0.1) is 0 Å². The molecule has 0 saturated carbocycles. The number of para-hydroxylation sites is 1. The summed E-state index contributed by atoms with van der Waals surface area (Å²) in [6, 6.07) is 8.37. The van der Waals surface area contributed by atoms with Gasteiger partial charge in [0.25, 0.3) is 5.56 Å². The number of rotatable bonds is 6. The van der Waals surface area contributed by atoms with Gasteiger partial charge in [0.1, 0.15) is 5.82 Å². The van der Waals surface area contributed by atoms with Crippen LogP contribution in [0.15, 0.2) is 41.3 Å². The summed E-state index contributed by atoms with van der Waals surface area (Å²) in [6.07, 6.45) is 1.61. The van der Waals surface area contributed by atoms with Gasteiger partial charge in [-0.2, -0.15) is 9.97 Å². The van der Waals surface area contributed by atoms with Crippen molar-refractivity contribution in [2.75, 3.05) is 4.72 Å². The number of aromatic nitrogens is 3. The quantitative estimate of drug-likeness (QED) is 0.592. The maximum atomic E-state index is 12.4. The predicted molar refractivity (Wildman–Crippen MR) is 121 cm³/mol. The van der Waals surface area contributed by atoms with E-state index in [0.29, 0.717) is 27.6 Å². The molecule has 1 N–H and O–H groups in total. The van der Waals surface area contributed by atoms with E-state index in [1.54, 1.807) is 52.2 Å². The number of nitrogens with zero attached hydrogens (tertiary/aromatic N) is 3. The molecule has 164 valence electrons. The van der Waals surface area contributed by atoms with Crippen LogP contribution >= 0.6 is 11.6 Å². The molecule has 0 aliphatic heterocycles. The minimum Gasteiger partial charge on any atom is -0.422 e. The normalized spacial score (nSPS) is 11.6. The fourth-order valence-electron chi connectivity index (χ4n) is 2.79. The molecule has 31 heavy (non-hydrogen) atoms. The van der Waals surface area contributed by atoms with Gasteiger partial charge in [0.05, 0.1) is 16.0 Å². The van der Waals surface area contributed by atoms with E-state index in [0.717, 1.165) is 5.56 Å². The summed E-state index contributed by atoms with van der Waals surface area (Å²) in [5, 5.41) is -0.294. The highest BCUT2D eigenvalue weighted by Crippen LogP contribution is 2.32. The van der Waals surface area contributed by atoms with E-state index in [1.165, 1.54) is 10.6 Å². The molecule has 0 amide bonds. The number of sulfonamides is 1. The molecule has 0 atom stereocenters. The molecule has 0 aliphatic rings. The van der Waals surface area contributed by atoms with E-state index in [-0.39, 0.29) is 17.4 Å². The van der Waals surface area contributed by atoms with Crippen molar-refractivity contribution in [2.24, 2.45) is 7.05 Å². The van der Waals surface area contributed by atoms with E-state index >= 15 is 0 Å². The van der Waals surface area contributed by atoms with Crippen LogP contribution in [0.3, 0.4) is 0 Å². The minimum atomic E-state index is -3.66. The smallest absolute Gasteiger partial charge is 0.324 e. The van der Waals surface area contributed by atoms with Crippen LogP contribution in [0, 0.1) is 13.8 Å². The second-order valence-corrected chi connectivity index (χ2v) is 10.1. The van der Waals surface area contributed by atoms with Crippen molar-refractivity contribution in [3.8, 4) is 23.0 Å². The lowest BCUT2D eigenvalue weighted by Gasteiger charge is -2.14. The van der Waals surface area contributed by atoms with Crippen molar-refractivity contribution < 1.29 is 13.2 Å². The molecule has 2 aromatic heterocycles. The van der Waals surface area contributed by atoms with Gasteiger partial charge in [0.15, 0.2) is 5.75 Å². The minimum absolute atomic E-state index is 0.0462. The van der Waals surface area contributed by atoms with Crippen molar-refractivity contribution in [1.29, 1.82) is 0 Å². The summed E-state index contributed by atoms with van der Waals surface area (Å²) in [5.74, 6) is 0.417. The third-order valence-corrected chi connectivity index (χ3v) is 6.62. The number of anilines is 1. The Morgan fingerprint density at radius 1 is 1.13 bits per heavy atom. The first kappa shape index (κ1) is 22.8. The Morgan fingerprint density at radius 2 is 1.84 bits per heavy atom. The molecule has 0 saturated heterocycles. The molecule has 0 unspecified atom stereocenters. The van der Waals surface area contributed by atoms with Crippen molar-refractivity contribution in [1.82, 2.24) is 14.5 Å². The van der Waals surface area contributed by atoms with Crippen LogP contribution in [0.2, 0.25) is 5.02 Å². The van der Waals surface area contributed by atoms with E-state index in [9.17, 15) is 13.2 Å². The highest BCUT2D eigenvalue weighted by atomic mass is 35.5. The molecule has 0 bridgehead atoms. The molecule has 3 aromatic rings. The SMILES string of the molecule is Cc1cccc(Cl)c1Oc1nc(NS(=O)(=O)C(C)C)cc(-c2cc(C)c(=O)n(C)c2)n1. The third kappa shape index (κ3) is 5.05. The Hall–Kier alpha value is -2.91. The van der Waals surface area contributed by atoms with Crippen molar-refractivity contribution >= 4 is 27.4 Å². The summed E-state index contributed by atoms with van der Waals surface area (Å²) in [4.78, 5) is 20.7.